The quantitative estimate of drug-likeness (QED) is 0.732. The second-order valence-corrected chi connectivity index (χ2v) is 6.09. The molecule has 118 valence electrons. The van der Waals surface area contributed by atoms with Gasteiger partial charge in [0, 0.05) is 19.1 Å². The molecule has 0 atom stereocenters. The highest BCUT2D eigenvalue weighted by molar-refractivity contribution is 5.87. The molecular weight excluding hydrogens is 282 g/mol. The lowest BCUT2D eigenvalue weighted by atomic mass is 10.0. The summed E-state index contributed by atoms with van der Waals surface area (Å²) in [4.78, 5) is 19.5. The molecule has 0 saturated carbocycles. The Kier molecular flexibility index (Phi) is 3.70. The van der Waals surface area contributed by atoms with Gasteiger partial charge in [-0.25, -0.2) is 0 Å². The summed E-state index contributed by atoms with van der Waals surface area (Å²) >= 11 is 0. The first-order valence-electron chi connectivity index (χ1n) is 7.46. The van der Waals surface area contributed by atoms with Gasteiger partial charge in [0.1, 0.15) is 5.82 Å². The van der Waals surface area contributed by atoms with E-state index in [9.17, 15) is 15.0 Å². The lowest BCUT2D eigenvalue weighted by Gasteiger charge is -2.36. The van der Waals surface area contributed by atoms with Gasteiger partial charge in [-0.15, -0.1) is 0 Å². The Morgan fingerprint density at radius 1 is 1.14 bits per heavy atom. The minimum absolute atomic E-state index is 0.213. The number of phenols is 2. The summed E-state index contributed by atoms with van der Waals surface area (Å²) in [6, 6.07) is 5.15. The number of H-pyrrole nitrogens is 1. The van der Waals surface area contributed by atoms with Crippen molar-refractivity contribution in [1.29, 1.82) is 0 Å². The fourth-order valence-electron chi connectivity index (χ4n) is 3.07. The van der Waals surface area contributed by atoms with E-state index in [-0.39, 0.29) is 17.1 Å². The first-order valence-corrected chi connectivity index (χ1v) is 7.46. The zero-order valence-corrected chi connectivity index (χ0v) is 12.8. The highest BCUT2D eigenvalue weighted by atomic mass is 16.3. The Morgan fingerprint density at radius 2 is 1.77 bits per heavy atom. The lowest BCUT2D eigenvalue weighted by Crippen LogP contribution is -2.42. The second kappa shape index (κ2) is 5.53. The van der Waals surface area contributed by atoms with Crippen molar-refractivity contribution in [2.45, 2.75) is 18.9 Å². The minimum Gasteiger partial charge on any atom is -0.504 e. The second-order valence-electron chi connectivity index (χ2n) is 6.09. The average molecular weight is 303 g/mol. The zero-order chi connectivity index (χ0) is 15.9. The summed E-state index contributed by atoms with van der Waals surface area (Å²) in [6.45, 7) is 1.77. The molecule has 1 saturated heterocycles. The van der Waals surface area contributed by atoms with Gasteiger partial charge >= 0.3 is 0 Å². The van der Waals surface area contributed by atoms with E-state index in [1.54, 1.807) is 0 Å². The minimum atomic E-state index is -0.280. The number of anilines is 1. The van der Waals surface area contributed by atoms with Gasteiger partial charge in [0.05, 0.1) is 5.39 Å². The van der Waals surface area contributed by atoms with E-state index in [0.717, 1.165) is 31.7 Å². The Morgan fingerprint density at radius 3 is 2.41 bits per heavy atom. The number of aromatic nitrogens is 1. The molecule has 1 aliphatic heterocycles. The van der Waals surface area contributed by atoms with Crippen molar-refractivity contribution in [3.8, 4) is 11.5 Å². The van der Waals surface area contributed by atoms with Crippen molar-refractivity contribution in [2.75, 3.05) is 32.1 Å². The number of phenolic OH excluding ortho intramolecular Hbond substituents is 2. The first-order chi connectivity index (χ1) is 10.5. The van der Waals surface area contributed by atoms with Crippen molar-refractivity contribution >= 4 is 16.6 Å². The molecule has 2 aromatic rings. The van der Waals surface area contributed by atoms with Crippen LogP contribution in [-0.2, 0) is 0 Å². The van der Waals surface area contributed by atoms with Gasteiger partial charge < -0.3 is 25.0 Å². The van der Waals surface area contributed by atoms with E-state index in [0.29, 0.717) is 16.8 Å². The summed E-state index contributed by atoms with van der Waals surface area (Å²) in [5, 5.41) is 20.2. The molecule has 3 N–H and O–H groups in total. The number of rotatable bonds is 2. The number of nitrogens with one attached hydrogen (secondary N) is 1. The number of benzene rings is 1. The van der Waals surface area contributed by atoms with Crippen LogP contribution in [0.2, 0.25) is 0 Å². The predicted molar refractivity (Wildman–Crippen MR) is 86.8 cm³/mol. The van der Waals surface area contributed by atoms with E-state index >= 15 is 0 Å². The van der Waals surface area contributed by atoms with Crippen LogP contribution in [0.3, 0.4) is 0 Å². The number of hydrogen-bond donors (Lipinski definition) is 3. The molecule has 1 aromatic carbocycles. The monoisotopic (exact) mass is 303 g/mol. The molecule has 6 nitrogen and oxygen atoms in total. The fraction of sp³-hybridized carbons (Fsp3) is 0.438. The van der Waals surface area contributed by atoms with Gasteiger partial charge in [0.15, 0.2) is 11.5 Å². The summed E-state index contributed by atoms with van der Waals surface area (Å²) in [7, 11) is 4.18. The van der Waals surface area contributed by atoms with Gasteiger partial charge in [-0.1, -0.05) is 0 Å². The molecule has 0 bridgehead atoms. The summed E-state index contributed by atoms with van der Waals surface area (Å²) in [6.07, 6.45) is 2.10. The van der Waals surface area contributed by atoms with Crippen molar-refractivity contribution < 1.29 is 10.2 Å². The van der Waals surface area contributed by atoms with Crippen LogP contribution in [0.25, 0.3) is 10.8 Å². The summed E-state index contributed by atoms with van der Waals surface area (Å²) in [5.74, 6) is 0.271. The number of aromatic amines is 1. The van der Waals surface area contributed by atoms with Crippen LogP contribution in [0.15, 0.2) is 23.0 Å². The molecule has 0 unspecified atom stereocenters. The smallest absolute Gasteiger partial charge is 0.257 e. The molecule has 0 radical (unpaired) electrons. The van der Waals surface area contributed by atoms with E-state index in [1.165, 1.54) is 12.1 Å². The molecule has 3 rings (SSSR count). The maximum atomic E-state index is 12.2. The molecule has 1 aliphatic rings. The Bertz CT molecular complexity index is 746. The third kappa shape index (κ3) is 2.62. The fourth-order valence-corrected chi connectivity index (χ4v) is 3.07. The molecule has 22 heavy (non-hydrogen) atoms. The van der Waals surface area contributed by atoms with E-state index in [2.05, 4.69) is 28.9 Å². The van der Waals surface area contributed by atoms with Crippen molar-refractivity contribution in [3.05, 3.63) is 28.6 Å². The van der Waals surface area contributed by atoms with Crippen LogP contribution < -0.4 is 10.5 Å². The standard InChI is InChI=1S/C16H21N3O3/c1-18(2)11-3-5-19(6-4-11)15-8-10-7-13(20)14(21)9-12(10)16(22)17-15/h7-9,11,20-21H,3-6H2,1-2H3,(H,17,22). The number of pyridine rings is 1. The van der Waals surface area contributed by atoms with Crippen molar-refractivity contribution in [3.63, 3.8) is 0 Å². The van der Waals surface area contributed by atoms with Crippen molar-refractivity contribution in [2.24, 2.45) is 0 Å². The third-order valence-electron chi connectivity index (χ3n) is 4.46. The van der Waals surface area contributed by atoms with Crippen LogP contribution in [-0.4, -0.2) is 53.3 Å². The normalized spacial score (nSPS) is 16.6. The Labute approximate surface area is 128 Å². The molecule has 1 aromatic heterocycles. The van der Waals surface area contributed by atoms with Crippen LogP contribution in [0.5, 0.6) is 11.5 Å². The molecule has 0 aliphatic carbocycles. The van der Waals surface area contributed by atoms with Gasteiger partial charge in [-0.2, -0.15) is 0 Å². The summed E-state index contributed by atoms with van der Waals surface area (Å²) < 4.78 is 0. The molecule has 2 heterocycles. The number of hydrogen-bond acceptors (Lipinski definition) is 5. The molecule has 1 fully saturated rings. The number of piperidine rings is 1. The zero-order valence-electron chi connectivity index (χ0n) is 12.8. The number of aromatic hydroxyl groups is 2. The topological polar surface area (TPSA) is 79.8 Å². The third-order valence-corrected chi connectivity index (χ3v) is 4.46. The molecule has 0 spiro atoms. The highest BCUT2D eigenvalue weighted by Crippen LogP contribution is 2.30. The maximum Gasteiger partial charge on any atom is 0.257 e. The van der Waals surface area contributed by atoms with Gasteiger partial charge in [-0.05, 0) is 50.5 Å². The Hall–Kier alpha value is -2.21. The van der Waals surface area contributed by atoms with Crippen molar-refractivity contribution in [1.82, 2.24) is 9.88 Å². The van der Waals surface area contributed by atoms with E-state index < -0.39 is 0 Å². The highest BCUT2D eigenvalue weighted by Gasteiger charge is 2.21. The van der Waals surface area contributed by atoms with Gasteiger partial charge in [0.25, 0.3) is 5.56 Å². The Balaban J connectivity index is 1.92. The van der Waals surface area contributed by atoms with Crippen LogP contribution >= 0.6 is 0 Å². The molecule has 6 heteroatoms. The van der Waals surface area contributed by atoms with Crippen LogP contribution in [0.1, 0.15) is 12.8 Å². The average Bonchev–Trinajstić information content (AvgIpc) is 2.49. The lowest BCUT2D eigenvalue weighted by molar-refractivity contribution is 0.249. The summed E-state index contributed by atoms with van der Waals surface area (Å²) in [5.41, 5.74) is -0.252. The van der Waals surface area contributed by atoms with E-state index in [1.807, 2.05) is 6.07 Å². The SMILES string of the molecule is CN(C)C1CCN(c2cc3cc(O)c(O)cc3c(=O)[nH]2)CC1. The van der Waals surface area contributed by atoms with Gasteiger partial charge in [-0.3, -0.25) is 4.79 Å². The molecule has 0 amide bonds. The first kappa shape index (κ1) is 14.7. The van der Waals surface area contributed by atoms with Crippen LogP contribution in [0, 0.1) is 0 Å². The van der Waals surface area contributed by atoms with Gasteiger partial charge in [0.2, 0.25) is 0 Å². The molecular formula is C16H21N3O3. The van der Waals surface area contributed by atoms with E-state index in [4.69, 9.17) is 0 Å². The number of nitrogens with zero attached hydrogens (tertiary/aromatic N) is 2. The van der Waals surface area contributed by atoms with Crippen LogP contribution in [0.4, 0.5) is 5.82 Å². The number of fused-ring (bicyclic) bond motifs is 1. The predicted octanol–water partition coefficient (Wildman–Crippen LogP) is 1.47. The maximum absolute atomic E-state index is 12.2. The largest absolute Gasteiger partial charge is 0.504 e.